The van der Waals surface area contributed by atoms with Gasteiger partial charge in [0.1, 0.15) is 5.75 Å². The van der Waals surface area contributed by atoms with Gasteiger partial charge in [-0.3, -0.25) is 19.7 Å². The summed E-state index contributed by atoms with van der Waals surface area (Å²) >= 11 is 0. The maximum absolute atomic E-state index is 15.3. The van der Waals surface area contributed by atoms with E-state index in [9.17, 15) is 28.1 Å². The Labute approximate surface area is 233 Å². The molecule has 15 heteroatoms. The Bertz CT molecular complexity index is 1550. The van der Waals surface area contributed by atoms with Crippen LogP contribution in [0, 0.1) is 23.0 Å². The molecule has 0 spiro atoms. The summed E-state index contributed by atoms with van der Waals surface area (Å²) in [4.78, 5) is 36.3. The molecule has 0 saturated carbocycles. The molecule has 0 fully saturated rings. The van der Waals surface area contributed by atoms with Crippen LogP contribution < -0.4 is 4.74 Å². The summed E-state index contributed by atoms with van der Waals surface area (Å²) in [5, 5.41) is 11.4. The molecule has 222 valence electrons. The number of esters is 2. The van der Waals surface area contributed by atoms with Gasteiger partial charge in [-0.05, 0) is 51.1 Å². The van der Waals surface area contributed by atoms with Gasteiger partial charge in [-0.2, -0.15) is 13.2 Å². The van der Waals surface area contributed by atoms with Gasteiger partial charge in [0.25, 0.3) is 10.0 Å². The third-order valence-electron chi connectivity index (χ3n) is 6.46. The molecular formula is C26H27F3N2O9S. The maximum atomic E-state index is 15.3. The molecule has 1 aromatic heterocycles. The Morgan fingerprint density at radius 2 is 1.59 bits per heavy atom. The van der Waals surface area contributed by atoms with Crippen LogP contribution in [0.25, 0.3) is 10.9 Å². The van der Waals surface area contributed by atoms with Crippen molar-refractivity contribution in [1.82, 2.24) is 3.97 Å². The van der Waals surface area contributed by atoms with Crippen molar-refractivity contribution in [2.24, 2.45) is 5.92 Å². The van der Waals surface area contributed by atoms with Gasteiger partial charge in [0.05, 0.1) is 30.7 Å². The first kappa shape index (κ1) is 31.4. The van der Waals surface area contributed by atoms with Gasteiger partial charge in [-0.25, -0.2) is 12.4 Å². The van der Waals surface area contributed by atoms with Crippen molar-refractivity contribution in [2.45, 2.75) is 37.3 Å². The van der Waals surface area contributed by atoms with E-state index in [0.717, 1.165) is 12.1 Å². The highest BCUT2D eigenvalue weighted by Gasteiger charge is 2.70. The molecule has 0 saturated heterocycles. The van der Waals surface area contributed by atoms with Gasteiger partial charge >= 0.3 is 18.1 Å². The minimum absolute atomic E-state index is 0.0229. The van der Waals surface area contributed by atoms with Crippen LogP contribution in [0.4, 0.5) is 13.2 Å². The molecule has 3 rings (SSSR count). The van der Waals surface area contributed by atoms with E-state index in [2.05, 4.69) is 0 Å². The van der Waals surface area contributed by atoms with Gasteiger partial charge < -0.3 is 14.2 Å². The first-order valence-corrected chi connectivity index (χ1v) is 13.6. The molecule has 0 aliphatic carbocycles. The Hall–Kier alpha value is -4.14. The minimum Gasteiger partial charge on any atom is -0.497 e. The van der Waals surface area contributed by atoms with Crippen LogP contribution in [0.5, 0.6) is 5.75 Å². The number of alkyl halides is 3. The number of nitrogens with zero attached hydrogens (tertiary/aromatic N) is 2. The van der Waals surface area contributed by atoms with Gasteiger partial charge in [0, 0.05) is 22.1 Å². The van der Waals surface area contributed by atoms with Crippen LogP contribution in [0.2, 0.25) is 0 Å². The highest BCUT2D eigenvalue weighted by molar-refractivity contribution is 7.90. The molecule has 3 aromatic rings. The number of benzene rings is 2. The second-order valence-corrected chi connectivity index (χ2v) is 10.8. The number of methoxy groups -OCH3 is 1. The summed E-state index contributed by atoms with van der Waals surface area (Å²) in [6.07, 6.45) is -5.14. The first-order valence-electron chi connectivity index (χ1n) is 12.2. The number of rotatable bonds is 11. The van der Waals surface area contributed by atoms with E-state index in [1.807, 2.05) is 0 Å². The average Bonchev–Trinajstić information content (AvgIpc) is 3.27. The number of aromatic nitrogens is 1. The summed E-state index contributed by atoms with van der Waals surface area (Å²) in [5.74, 6) is -6.39. The van der Waals surface area contributed by atoms with Crippen molar-refractivity contribution >= 4 is 32.9 Å². The third-order valence-corrected chi connectivity index (χ3v) is 8.15. The molecule has 0 bridgehead atoms. The number of nitro groups is 1. The minimum atomic E-state index is -5.68. The lowest BCUT2D eigenvalue weighted by Gasteiger charge is -2.36. The van der Waals surface area contributed by atoms with E-state index in [4.69, 9.17) is 14.2 Å². The molecule has 0 unspecified atom stereocenters. The Balaban J connectivity index is 2.57. The van der Waals surface area contributed by atoms with Crippen LogP contribution in [-0.4, -0.2) is 62.3 Å². The molecule has 0 radical (unpaired) electrons. The molecular weight excluding hydrogens is 573 g/mol. The molecule has 41 heavy (non-hydrogen) atoms. The van der Waals surface area contributed by atoms with Gasteiger partial charge in [0.2, 0.25) is 6.54 Å². The Kier molecular flexibility index (Phi) is 9.01. The molecule has 2 aromatic carbocycles. The highest BCUT2D eigenvalue weighted by atomic mass is 32.2. The predicted octanol–water partition coefficient (Wildman–Crippen LogP) is 4.01. The summed E-state index contributed by atoms with van der Waals surface area (Å²) in [6, 6.07) is 8.92. The van der Waals surface area contributed by atoms with E-state index in [1.165, 1.54) is 51.3 Å². The molecule has 0 aliphatic heterocycles. The number of ether oxygens (including phenoxy) is 3. The van der Waals surface area contributed by atoms with Crippen LogP contribution >= 0.6 is 0 Å². The average molecular weight is 601 g/mol. The largest absolute Gasteiger partial charge is 0.497 e. The normalized spacial score (nSPS) is 13.6. The zero-order chi connectivity index (χ0) is 30.8. The van der Waals surface area contributed by atoms with Crippen molar-refractivity contribution in [1.29, 1.82) is 0 Å². The Morgan fingerprint density at radius 3 is 2.05 bits per heavy atom. The van der Waals surface area contributed by atoms with Gasteiger partial charge in [-0.15, -0.1) is 0 Å². The van der Waals surface area contributed by atoms with E-state index in [1.54, 1.807) is 6.92 Å². The topological polar surface area (TPSA) is 144 Å². The number of carbonyl (C=O) groups is 2. The quantitative estimate of drug-likeness (QED) is 0.138. The SMILES string of the molecule is CCOC(=O)C(C(=O)OCC)[C@](C[N+](=O)[O-])(c1cn(S(=O)(=O)c2ccc(C)cc2)c2ccc(OC)cc12)C(F)(F)F. The third kappa shape index (κ3) is 5.71. The summed E-state index contributed by atoms with van der Waals surface area (Å²) in [7, 11) is -3.39. The number of hydrogen-bond donors (Lipinski definition) is 0. The van der Waals surface area contributed by atoms with Crippen LogP contribution in [0.15, 0.2) is 53.6 Å². The number of carbonyl (C=O) groups excluding carboxylic acids is 2. The second-order valence-electron chi connectivity index (χ2n) is 8.94. The lowest BCUT2D eigenvalue weighted by Crippen LogP contribution is -2.58. The molecule has 1 heterocycles. The van der Waals surface area contributed by atoms with Crippen molar-refractivity contribution in [2.75, 3.05) is 26.9 Å². The molecule has 0 amide bonds. The zero-order valence-electron chi connectivity index (χ0n) is 22.4. The molecule has 0 aliphatic rings. The highest BCUT2D eigenvalue weighted by Crippen LogP contribution is 2.51. The first-order chi connectivity index (χ1) is 19.1. The van der Waals surface area contributed by atoms with Crippen molar-refractivity contribution in [3.05, 3.63) is 69.9 Å². The smallest absolute Gasteiger partial charge is 0.406 e. The summed E-state index contributed by atoms with van der Waals surface area (Å²) in [6.45, 7) is 1.30. The lowest BCUT2D eigenvalue weighted by molar-refractivity contribution is -0.503. The molecule has 11 nitrogen and oxygen atoms in total. The monoisotopic (exact) mass is 600 g/mol. The number of fused-ring (bicyclic) bond motifs is 1. The van der Waals surface area contributed by atoms with E-state index in [-0.39, 0.29) is 16.2 Å². The van der Waals surface area contributed by atoms with E-state index < -0.39 is 75.1 Å². The van der Waals surface area contributed by atoms with Crippen molar-refractivity contribution in [3.63, 3.8) is 0 Å². The van der Waals surface area contributed by atoms with Gasteiger partial charge in [0.15, 0.2) is 11.3 Å². The van der Waals surface area contributed by atoms with Crippen molar-refractivity contribution < 1.29 is 50.3 Å². The zero-order valence-corrected chi connectivity index (χ0v) is 23.2. The number of hydrogen-bond acceptors (Lipinski definition) is 9. The second kappa shape index (κ2) is 11.8. The van der Waals surface area contributed by atoms with E-state index >= 15 is 13.2 Å². The molecule has 1 atom stereocenters. The fourth-order valence-corrected chi connectivity index (χ4v) is 5.95. The fraction of sp³-hybridized carbons (Fsp3) is 0.385. The van der Waals surface area contributed by atoms with Crippen LogP contribution in [-0.2, 0) is 34.5 Å². The Morgan fingerprint density at radius 1 is 1.02 bits per heavy atom. The van der Waals surface area contributed by atoms with Crippen LogP contribution in [0.1, 0.15) is 25.0 Å². The van der Waals surface area contributed by atoms with Crippen LogP contribution in [0.3, 0.4) is 0 Å². The summed E-state index contributed by atoms with van der Waals surface area (Å²) in [5.41, 5.74) is -4.56. The molecule has 0 N–H and O–H groups in total. The number of halogens is 3. The maximum Gasteiger partial charge on any atom is 0.406 e. The summed E-state index contributed by atoms with van der Waals surface area (Å²) < 4.78 is 88.6. The standard InChI is InChI=1S/C26H27F3N2O9S/c1-5-39-23(32)22(24(33)40-6-2)25(15-31(34)35,26(27,28)29)20-14-30(21-12-9-17(38-4)13-19(20)21)41(36,37)18-10-7-16(3)8-11-18/h7-14,22H,5-6,15H2,1-4H3/t25-/m0/s1. The van der Waals surface area contributed by atoms with Gasteiger partial charge in [-0.1, -0.05) is 17.7 Å². The van der Waals surface area contributed by atoms with Crippen molar-refractivity contribution in [3.8, 4) is 5.75 Å². The van der Waals surface area contributed by atoms with E-state index in [0.29, 0.717) is 15.7 Å². The number of aryl methyl sites for hydroxylation is 1. The fourth-order valence-electron chi connectivity index (χ4n) is 4.58. The lowest BCUT2D eigenvalue weighted by atomic mass is 9.69. The predicted molar refractivity (Wildman–Crippen MR) is 139 cm³/mol.